The number of piperidine rings is 1. The molecule has 3 N–H and O–H groups in total. The molecular weight excluding hydrogens is 321 g/mol. The molecule has 1 aliphatic carbocycles. The van der Waals surface area contributed by atoms with E-state index in [4.69, 9.17) is 5.73 Å². The molecule has 0 bridgehead atoms. The molecule has 2 unspecified atom stereocenters. The summed E-state index contributed by atoms with van der Waals surface area (Å²) < 4.78 is 0. The number of hydrogen-bond acceptors (Lipinski definition) is 3. The van der Waals surface area contributed by atoms with Gasteiger partial charge in [-0.15, -0.1) is 31.4 Å². The van der Waals surface area contributed by atoms with Gasteiger partial charge in [-0.05, 0) is 32.6 Å². The van der Waals surface area contributed by atoms with Gasteiger partial charge in [-0.1, -0.05) is 18.9 Å². The van der Waals surface area contributed by atoms with Gasteiger partial charge in [0.05, 0.1) is 5.92 Å². The van der Waals surface area contributed by atoms with Gasteiger partial charge in [-0.3, -0.25) is 9.69 Å². The SMILES string of the molecule is C=CCN1CCC(NC(=O)C2CCCCC2(C)N)CC1.Cl.Cl. The fourth-order valence-electron chi connectivity index (χ4n) is 3.53. The van der Waals surface area contributed by atoms with E-state index in [0.29, 0.717) is 6.04 Å². The molecule has 22 heavy (non-hydrogen) atoms. The lowest BCUT2D eigenvalue weighted by Gasteiger charge is -2.39. The van der Waals surface area contributed by atoms with Crippen LogP contribution in [-0.4, -0.2) is 42.0 Å². The molecule has 0 radical (unpaired) electrons. The third-order valence-corrected chi connectivity index (χ3v) is 4.89. The highest BCUT2D eigenvalue weighted by molar-refractivity contribution is 5.85. The molecular formula is C16H31Cl2N3O. The fraction of sp³-hybridized carbons (Fsp3) is 0.812. The molecule has 2 fully saturated rings. The zero-order valence-electron chi connectivity index (χ0n) is 13.6. The summed E-state index contributed by atoms with van der Waals surface area (Å²) in [5.74, 6) is 0.166. The van der Waals surface area contributed by atoms with Crippen LogP contribution in [0.3, 0.4) is 0 Å². The Morgan fingerprint density at radius 3 is 2.50 bits per heavy atom. The van der Waals surface area contributed by atoms with Crippen LogP contribution in [0.5, 0.6) is 0 Å². The van der Waals surface area contributed by atoms with Gasteiger partial charge in [-0.2, -0.15) is 0 Å². The van der Waals surface area contributed by atoms with Crippen LogP contribution in [0.15, 0.2) is 12.7 Å². The quantitative estimate of drug-likeness (QED) is 0.765. The molecule has 0 spiro atoms. The standard InChI is InChI=1S/C16H29N3O.2ClH/c1-3-10-19-11-7-13(8-12-19)18-15(20)14-6-4-5-9-16(14,2)17;;/h3,13-14H,1,4-12,17H2,2H3,(H,18,20);2*1H. The Hall–Kier alpha value is -0.290. The van der Waals surface area contributed by atoms with E-state index >= 15 is 0 Å². The van der Waals surface area contributed by atoms with E-state index in [1.54, 1.807) is 0 Å². The number of nitrogens with two attached hydrogens (primary N) is 1. The number of halogens is 2. The molecule has 2 rings (SSSR count). The molecule has 0 aromatic rings. The predicted octanol–water partition coefficient (Wildman–Crippen LogP) is 2.50. The van der Waals surface area contributed by atoms with Crippen LogP contribution in [0, 0.1) is 5.92 Å². The van der Waals surface area contributed by atoms with Gasteiger partial charge in [0.15, 0.2) is 0 Å². The number of likely N-dealkylation sites (tertiary alicyclic amines) is 1. The van der Waals surface area contributed by atoms with Crippen molar-refractivity contribution in [2.24, 2.45) is 11.7 Å². The average Bonchev–Trinajstić information content (AvgIpc) is 2.40. The summed E-state index contributed by atoms with van der Waals surface area (Å²) >= 11 is 0. The molecule has 2 atom stereocenters. The maximum atomic E-state index is 12.5. The summed E-state index contributed by atoms with van der Waals surface area (Å²) in [6, 6.07) is 0.321. The van der Waals surface area contributed by atoms with Crippen LogP contribution in [0.25, 0.3) is 0 Å². The number of amides is 1. The van der Waals surface area contributed by atoms with Gasteiger partial charge in [0, 0.05) is 31.2 Å². The van der Waals surface area contributed by atoms with Crippen molar-refractivity contribution in [1.82, 2.24) is 10.2 Å². The Morgan fingerprint density at radius 2 is 1.95 bits per heavy atom. The van der Waals surface area contributed by atoms with Gasteiger partial charge >= 0.3 is 0 Å². The van der Waals surface area contributed by atoms with Crippen molar-refractivity contribution >= 4 is 30.7 Å². The van der Waals surface area contributed by atoms with Gasteiger partial charge in [-0.25, -0.2) is 0 Å². The maximum absolute atomic E-state index is 12.5. The van der Waals surface area contributed by atoms with E-state index in [2.05, 4.69) is 16.8 Å². The van der Waals surface area contributed by atoms with Crippen LogP contribution in [0.1, 0.15) is 45.4 Å². The van der Waals surface area contributed by atoms with Crippen molar-refractivity contribution < 1.29 is 4.79 Å². The highest BCUT2D eigenvalue weighted by Gasteiger charge is 2.38. The second-order valence-electron chi connectivity index (χ2n) is 6.68. The van der Waals surface area contributed by atoms with Crippen LogP contribution >= 0.6 is 24.8 Å². The van der Waals surface area contributed by atoms with Crippen molar-refractivity contribution in [3.63, 3.8) is 0 Å². The minimum atomic E-state index is -0.328. The fourth-order valence-corrected chi connectivity index (χ4v) is 3.53. The third-order valence-electron chi connectivity index (χ3n) is 4.89. The Morgan fingerprint density at radius 1 is 1.32 bits per heavy atom. The lowest BCUT2D eigenvalue weighted by Crippen LogP contribution is -2.55. The van der Waals surface area contributed by atoms with Crippen molar-refractivity contribution in [2.45, 2.75) is 57.0 Å². The second kappa shape index (κ2) is 9.76. The van der Waals surface area contributed by atoms with Crippen LogP contribution in [-0.2, 0) is 4.79 Å². The zero-order valence-corrected chi connectivity index (χ0v) is 15.2. The summed E-state index contributed by atoms with van der Waals surface area (Å²) in [4.78, 5) is 14.8. The normalized spacial score (nSPS) is 29.8. The Balaban J connectivity index is 0.00000220. The first-order chi connectivity index (χ1) is 9.53. The van der Waals surface area contributed by atoms with Crippen LogP contribution in [0.4, 0.5) is 0 Å². The topological polar surface area (TPSA) is 58.4 Å². The van der Waals surface area contributed by atoms with Crippen LogP contribution < -0.4 is 11.1 Å². The van der Waals surface area contributed by atoms with Gasteiger partial charge in [0.1, 0.15) is 0 Å². The summed E-state index contributed by atoms with van der Waals surface area (Å²) in [7, 11) is 0. The second-order valence-corrected chi connectivity index (χ2v) is 6.68. The number of carbonyl (C=O) groups is 1. The van der Waals surface area contributed by atoms with E-state index in [1.807, 2.05) is 13.0 Å². The smallest absolute Gasteiger partial charge is 0.225 e. The van der Waals surface area contributed by atoms with E-state index in [0.717, 1.165) is 58.2 Å². The first-order valence-electron chi connectivity index (χ1n) is 7.95. The Labute approximate surface area is 147 Å². The Bertz CT molecular complexity index is 355. The van der Waals surface area contributed by atoms with Gasteiger partial charge in [0.25, 0.3) is 0 Å². The average molecular weight is 352 g/mol. The molecule has 4 nitrogen and oxygen atoms in total. The number of nitrogens with one attached hydrogen (secondary N) is 1. The zero-order chi connectivity index (χ0) is 14.6. The molecule has 1 saturated carbocycles. The summed E-state index contributed by atoms with van der Waals surface area (Å²) in [6.07, 6.45) is 8.19. The van der Waals surface area contributed by atoms with Crippen molar-refractivity contribution in [2.75, 3.05) is 19.6 Å². The van der Waals surface area contributed by atoms with Crippen LogP contribution in [0.2, 0.25) is 0 Å². The van der Waals surface area contributed by atoms with E-state index in [1.165, 1.54) is 0 Å². The molecule has 6 heteroatoms. The molecule has 0 aromatic carbocycles. The summed E-state index contributed by atoms with van der Waals surface area (Å²) in [5.41, 5.74) is 5.98. The number of carbonyl (C=O) groups excluding carboxylic acids is 1. The highest BCUT2D eigenvalue weighted by atomic mass is 35.5. The maximum Gasteiger partial charge on any atom is 0.225 e. The molecule has 1 aliphatic heterocycles. The van der Waals surface area contributed by atoms with Crippen molar-refractivity contribution in [1.29, 1.82) is 0 Å². The molecule has 1 saturated heterocycles. The predicted molar refractivity (Wildman–Crippen MR) is 96.8 cm³/mol. The van der Waals surface area contributed by atoms with E-state index in [-0.39, 0.29) is 42.2 Å². The Kier molecular flexibility index (Phi) is 9.63. The minimum Gasteiger partial charge on any atom is -0.353 e. The van der Waals surface area contributed by atoms with E-state index < -0.39 is 0 Å². The summed E-state index contributed by atoms with van der Waals surface area (Å²) in [6.45, 7) is 8.84. The lowest BCUT2D eigenvalue weighted by molar-refractivity contribution is -0.129. The lowest BCUT2D eigenvalue weighted by atomic mass is 9.74. The molecule has 130 valence electrons. The third kappa shape index (κ3) is 5.73. The minimum absolute atomic E-state index is 0. The van der Waals surface area contributed by atoms with Gasteiger partial charge < -0.3 is 11.1 Å². The highest BCUT2D eigenvalue weighted by Crippen LogP contribution is 2.31. The first-order valence-corrected chi connectivity index (χ1v) is 7.95. The molecule has 2 aliphatic rings. The number of hydrogen-bond donors (Lipinski definition) is 2. The monoisotopic (exact) mass is 351 g/mol. The molecule has 0 aromatic heterocycles. The largest absolute Gasteiger partial charge is 0.353 e. The molecule has 1 heterocycles. The number of rotatable bonds is 4. The first kappa shape index (κ1) is 21.7. The summed E-state index contributed by atoms with van der Waals surface area (Å²) in [5, 5.41) is 3.24. The van der Waals surface area contributed by atoms with E-state index in [9.17, 15) is 4.79 Å². The number of nitrogens with zero attached hydrogens (tertiary/aromatic N) is 1. The van der Waals surface area contributed by atoms with Gasteiger partial charge in [0.2, 0.25) is 5.91 Å². The van der Waals surface area contributed by atoms with Crippen molar-refractivity contribution in [3.05, 3.63) is 12.7 Å². The molecule has 1 amide bonds. The van der Waals surface area contributed by atoms with Crippen molar-refractivity contribution in [3.8, 4) is 0 Å².